The highest BCUT2D eigenvalue weighted by molar-refractivity contribution is 5.65. The van der Waals surface area contributed by atoms with Crippen molar-refractivity contribution in [2.75, 3.05) is 0 Å². The van der Waals surface area contributed by atoms with Crippen LogP contribution in [0.15, 0.2) is 92.1 Å². The molecule has 0 saturated heterocycles. The van der Waals surface area contributed by atoms with Gasteiger partial charge in [-0.2, -0.15) is 0 Å². The Labute approximate surface area is 225 Å². The second kappa shape index (κ2) is 14.3. The normalized spacial score (nSPS) is 24.5. The van der Waals surface area contributed by atoms with Gasteiger partial charge in [0.15, 0.2) is 0 Å². The van der Waals surface area contributed by atoms with E-state index in [2.05, 4.69) is 73.9 Å². The van der Waals surface area contributed by atoms with Gasteiger partial charge in [0.1, 0.15) is 5.82 Å². The second-order valence-corrected chi connectivity index (χ2v) is 11.2. The van der Waals surface area contributed by atoms with Crippen LogP contribution in [0.3, 0.4) is 0 Å². The van der Waals surface area contributed by atoms with E-state index >= 15 is 4.39 Å². The molecule has 0 aliphatic heterocycles. The van der Waals surface area contributed by atoms with Crippen LogP contribution >= 0.6 is 0 Å². The van der Waals surface area contributed by atoms with Crippen LogP contribution in [0.2, 0.25) is 0 Å². The van der Waals surface area contributed by atoms with Gasteiger partial charge in [0.25, 0.3) is 0 Å². The van der Waals surface area contributed by atoms with E-state index in [1.807, 2.05) is 12.1 Å². The Morgan fingerprint density at radius 1 is 0.703 bits per heavy atom. The first-order valence-corrected chi connectivity index (χ1v) is 14.6. The van der Waals surface area contributed by atoms with Gasteiger partial charge in [0, 0.05) is 5.56 Å². The van der Waals surface area contributed by atoms with E-state index in [1.54, 1.807) is 6.07 Å². The van der Waals surface area contributed by atoms with Crippen molar-refractivity contribution in [2.24, 2.45) is 17.8 Å². The van der Waals surface area contributed by atoms with Crippen molar-refractivity contribution < 1.29 is 4.39 Å². The summed E-state index contributed by atoms with van der Waals surface area (Å²) >= 11 is 0. The molecule has 196 valence electrons. The summed E-state index contributed by atoms with van der Waals surface area (Å²) in [6, 6.07) is 14.4. The molecule has 0 spiro atoms. The molecule has 2 aromatic rings. The highest BCUT2D eigenvalue weighted by atomic mass is 19.1. The standard InChI is InChI=1S/C36H45F/c1-3-5-6-7-10-29-13-15-30(16-14-29)11-8-9-12-31-19-23-33(24-20-31)35-26-25-34(27-36(35)37)32-21-17-28(4-2)18-22-32/h3-4,7-8,10-11,19-20,23-30,32H,1-2,5-6,9,12-18,21-22H2. The topological polar surface area (TPSA) is 0 Å². The summed E-state index contributed by atoms with van der Waals surface area (Å²) in [5.41, 5.74) is 4.15. The van der Waals surface area contributed by atoms with E-state index in [1.165, 1.54) is 44.1 Å². The van der Waals surface area contributed by atoms with Crippen LogP contribution in [0, 0.1) is 23.6 Å². The Bertz CT molecular complexity index is 1040. The fourth-order valence-corrected chi connectivity index (χ4v) is 6.13. The maximum Gasteiger partial charge on any atom is 0.131 e. The number of aryl methyl sites for hydroxylation is 1. The zero-order chi connectivity index (χ0) is 25.9. The minimum Gasteiger partial charge on any atom is -0.206 e. The van der Waals surface area contributed by atoms with Crippen LogP contribution < -0.4 is 0 Å². The third kappa shape index (κ3) is 8.16. The van der Waals surface area contributed by atoms with Crippen molar-refractivity contribution in [1.29, 1.82) is 0 Å². The number of unbranched alkanes of at least 4 members (excludes halogenated alkanes) is 1. The third-order valence-corrected chi connectivity index (χ3v) is 8.60. The molecule has 2 fully saturated rings. The first kappa shape index (κ1) is 27.4. The summed E-state index contributed by atoms with van der Waals surface area (Å²) in [5, 5.41) is 0. The van der Waals surface area contributed by atoms with Gasteiger partial charge in [-0.15, -0.1) is 13.2 Å². The molecule has 0 nitrogen and oxygen atoms in total. The Hall–Kier alpha value is -2.67. The zero-order valence-corrected chi connectivity index (χ0v) is 22.6. The van der Waals surface area contributed by atoms with Gasteiger partial charge in [-0.1, -0.05) is 72.9 Å². The highest BCUT2D eigenvalue weighted by Crippen LogP contribution is 2.37. The minimum atomic E-state index is -0.0963. The molecule has 2 aromatic carbocycles. The summed E-state index contributed by atoms with van der Waals surface area (Å²) in [5.74, 6) is 2.53. The van der Waals surface area contributed by atoms with Gasteiger partial charge in [0.05, 0.1) is 0 Å². The van der Waals surface area contributed by atoms with E-state index in [4.69, 9.17) is 0 Å². The molecule has 0 unspecified atom stereocenters. The molecular weight excluding hydrogens is 451 g/mol. The Balaban J connectivity index is 1.22. The van der Waals surface area contributed by atoms with E-state index in [9.17, 15) is 0 Å². The SMILES string of the molecule is C=CCCC=CC1CCC(C=CCCc2ccc(-c3ccc(C4CCC(C=C)CC4)cc3F)cc2)CC1. The third-order valence-electron chi connectivity index (χ3n) is 8.60. The van der Waals surface area contributed by atoms with E-state index < -0.39 is 0 Å². The van der Waals surface area contributed by atoms with Crippen molar-refractivity contribution in [3.8, 4) is 11.1 Å². The molecule has 2 saturated carbocycles. The van der Waals surface area contributed by atoms with Crippen molar-refractivity contribution in [2.45, 2.75) is 83.0 Å². The van der Waals surface area contributed by atoms with Gasteiger partial charge in [-0.3, -0.25) is 0 Å². The fourth-order valence-electron chi connectivity index (χ4n) is 6.13. The van der Waals surface area contributed by atoms with Crippen LogP contribution in [-0.4, -0.2) is 0 Å². The number of hydrogen-bond donors (Lipinski definition) is 0. The zero-order valence-electron chi connectivity index (χ0n) is 22.6. The van der Waals surface area contributed by atoms with Crippen LogP contribution in [0.4, 0.5) is 4.39 Å². The number of allylic oxidation sites excluding steroid dienone is 6. The quantitative estimate of drug-likeness (QED) is 0.214. The average Bonchev–Trinajstić information content (AvgIpc) is 2.94. The van der Waals surface area contributed by atoms with Crippen LogP contribution in [0.1, 0.15) is 87.7 Å². The summed E-state index contributed by atoms with van der Waals surface area (Å²) in [7, 11) is 0. The monoisotopic (exact) mass is 496 g/mol. The highest BCUT2D eigenvalue weighted by Gasteiger charge is 2.21. The van der Waals surface area contributed by atoms with Crippen LogP contribution in [0.5, 0.6) is 0 Å². The van der Waals surface area contributed by atoms with Crippen LogP contribution in [0.25, 0.3) is 11.1 Å². The lowest BCUT2D eigenvalue weighted by atomic mass is 9.78. The average molecular weight is 497 g/mol. The summed E-state index contributed by atoms with van der Waals surface area (Å²) in [6.45, 7) is 7.73. The Morgan fingerprint density at radius 2 is 1.32 bits per heavy atom. The molecule has 0 atom stereocenters. The van der Waals surface area contributed by atoms with E-state index in [-0.39, 0.29) is 5.82 Å². The molecule has 0 N–H and O–H groups in total. The summed E-state index contributed by atoms with van der Waals surface area (Å²) in [4.78, 5) is 0. The smallest absolute Gasteiger partial charge is 0.131 e. The first-order valence-electron chi connectivity index (χ1n) is 14.6. The minimum absolute atomic E-state index is 0.0963. The molecule has 2 aliphatic carbocycles. The predicted molar refractivity (Wildman–Crippen MR) is 158 cm³/mol. The lowest BCUT2D eigenvalue weighted by Gasteiger charge is -2.27. The van der Waals surface area contributed by atoms with Crippen molar-refractivity contribution in [3.05, 3.63) is 109 Å². The van der Waals surface area contributed by atoms with Crippen molar-refractivity contribution in [1.82, 2.24) is 0 Å². The number of benzene rings is 2. The Kier molecular flexibility index (Phi) is 10.6. The van der Waals surface area contributed by atoms with Crippen molar-refractivity contribution in [3.63, 3.8) is 0 Å². The summed E-state index contributed by atoms with van der Waals surface area (Å²) in [6.07, 6.45) is 27.8. The fraction of sp³-hybridized carbons (Fsp3) is 0.444. The van der Waals surface area contributed by atoms with Gasteiger partial charge < -0.3 is 0 Å². The van der Waals surface area contributed by atoms with Gasteiger partial charge in [-0.25, -0.2) is 4.39 Å². The maximum atomic E-state index is 15.0. The van der Waals surface area contributed by atoms with Crippen LogP contribution in [-0.2, 0) is 6.42 Å². The molecule has 2 aliphatic rings. The molecule has 0 radical (unpaired) electrons. The number of halogens is 1. The molecule has 1 heteroatoms. The van der Waals surface area contributed by atoms with E-state index in [0.29, 0.717) is 17.4 Å². The number of rotatable bonds is 11. The Morgan fingerprint density at radius 3 is 1.92 bits per heavy atom. The lowest BCUT2D eigenvalue weighted by molar-refractivity contribution is 0.355. The van der Waals surface area contributed by atoms with Gasteiger partial charge >= 0.3 is 0 Å². The molecule has 0 heterocycles. The molecule has 0 bridgehead atoms. The molecule has 0 aromatic heterocycles. The molecular formula is C36H45F. The second-order valence-electron chi connectivity index (χ2n) is 11.2. The van der Waals surface area contributed by atoms with Gasteiger partial charge in [-0.05, 0) is 123 Å². The maximum absolute atomic E-state index is 15.0. The molecule has 4 rings (SSSR count). The molecule has 0 amide bonds. The predicted octanol–water partition coefficient (Wildman–Crippen LogP) is 10.8. The number of hydrogen-bond acceptors (Lipinski definition) is 0. The van der Waals surface area contributed by atoms with Gasteiger partial charge in [0.2, 0.25) is 0 Å². The first-order chi connectivity index (χ1) is 18.2. The molecule has 37 heavy (non-hydrogen) atoms. The lowest BCUT2D eigenvalue weighted by Crippen LogP contribution is -2.11. The largest absolute Gasteiger partial charge is 0.206 e. The van der Waals surface area contributed by atoms with E-state index in [0.717, 1.165) is 61.5 Å². The summed E-state index contributed by atoms with van der Waals surface area (Å²) < 4.78 is 15.0. The van der Waals surface area contributed by atoms with Crippen molar-refractivity contribution >= 4 is 0 Å².